The molecule has 12 nitrogen and oxygen atoms in total. The fourth-order valence-electron chi connectivity index (χ4n) is 2.96. The second kappa shape index (κ2) is 11.1. The van der Waals surface area contributed by atoms with Gasteiger partial charge in [-0.1, -0.05) is 0 Å². The number of carbonyl (C=O) groups is 4. The van der Waals surface area contributed by atoms with Gasteiger partial charge in [0.15, 0.2) is 5.96 Å². The lowest BCUT2D eigenvalue weighted by molar-refractivity contribution is -0.149. The van der Waals surface area contributed by atoms with Crippen molar-refractivity contribution in [1.82, 2.24) is 10.2 Å². The lowest BCUT2D eigenvalue weighted by Crippen LogP contribution is -2.54. The number of primary amides is 1. The van der Waals surface area contributed by atoms with Crippen LogP contribution in [0.3, 0.4) is 0 Å². The van der Waals surface area contributed by atoms with Gasteiger partial charge < -0.3 is 38.3 Å². The maximum atomic E-state index is 12.8. The van der Waals surface area contributed by atoms with Gasteiger partial charge in [-0.25, -0.2) is 4.79 Å². The summed E-state index contributed by atoms with van der Waals surface area (Å²) in [7, 11) is 0. The number of likely N-dealkylation sites (tertiary alicyclic amines) is 1. The zero-order chi connectivity index (χ0) is 21.3. The van der Waals surface area contributed by atoms with Crippen molar-refractivity contribution in [3.8, 4) is 0 Å². The highest BCUT2D eigenvalue weighted by Crippen LogP contribution is 2.19. The molecule has 0 aromatic carbocycles. The highest BCUT2D eigenvalue weighted by atomic mass is 16.4. The Balaban J connectivity index is 2.73. The minimum absolute atomic E-state index is 0.0382. The molecule has 158 valence electrons. The predicted octanol–water partition coefficient (Wildman–Crippen LogP) is -2.81. The summed E-state index contributed by atoms with van der Waals surface area (Å²) in [6.45, 7) is 0.574. The SMILES string of the molecule is NC(=O)CC[C@H](NC(=O)[C@@H](N)CCCN=C(N)N)C(=O)N1CCC[C@@H]1C(=O)O. The average molecular weight is 399 g/mol. The van der Waals surface area contributed by atoms with Gasteiger partial charge in [0, 0.05) is 19.5 Å². The first-order valence-corrected chi connectivity index (χ1v) is 9.06. The maximum Gasteiger partial charge on any atom is 0.326 e. The first-order chi connectivity index (χ1) is 13.1. The van der Waals surface area contributed by atoms with Crippen molar-refractivity contribution in [3.63, 3.8) is 0 Å². The molecule has 0 aromatic heterocycles. The van der Waals surface area contributed by atoms with Gasteiger partial charge in [0.05, 0.1) is 6.04 Å². The molecule has 28 heavy (non-hydrogen) atoms. The second-order valence-electron chi connectivity index (χ2n) is 6.65. The number of aliphatic imine (C=N–C) groups is 1. The Morgan fingerprint density at radius 2 is 1.86 bits per heavy atom. The fourth-order valence-corrected chi connectivity index (χ4v) is 2.96. The summed E-state index contributed by atoms with van der Waals surface area (Å²) in [5.74, 6) is -2.95. The van der Waals surface area contributed by atoms with Crippen LogP contribution in [0.1, 0.15) is 38.5 Å². The maximum absolute atomic E-state index is 12.8. The van der Waals surface area contributed by atoms with E-state index in [4.69, 9.17) is 22.9 Å². The van der Waals surface area contributed by atoms with Crippen molar-refractivity contribution >= 4 is 29.7 Å². The van der Waals surface area contributed by atoms with Gasteiger partial charge in [-0.15, -0.1) is 0 Å². The van der Waals surface area contributed by atoms with E-state index in [-0.39, 0.29) is 31.8 Å². The van der Waals surface area contributed by atoms with Gasteiger partial charge in [0.25, 0.3) is 0 Å². The number of carboxylic acids is 1. The smallest absolute Gasteiger partial charge is 0.326 e. The highest BCUT2D eigenvalue weighted by molar-refractivity contribution is 5.92. The van der Waals surface area contributed by atoms with Crippen molar-refractivity contribution in [2.75, 3.05) is 13.1 Å². The van der Waals surface area contributed by atoms with Crippen LogP contribution >= 0.6 is 0 Å². The quantitative estimate of drug-likeness (QED) is 0.121. The molecule has 1 fully saturated rings. The molecular formula is C16H29N7O5. The zero-order valence-corrected chi connectivity index (χ0v) is 15.7. The number of guanidine groups is 1. The topological polar surface area (TPSA) is 220 Å². The van der Waals surface area contributed by atoms with E-state index in [0.29, 0.717) is 25.8 Å². The molecule has 0 aromatic rings. The summed E-state index contributed by atoms with van der Waals surface area (Å²) in [5, 5.41) is 11.8. The number of amides is 3. The molecule has 1 aliphatic rings. The van der Waals surface area contributed by atoms with E-state index in [1.165, 1.54) is 4.90 Å². The summed E-state index contributed by atoms with van der Waals surface area (Å²) in [5.41, 5.74) is 21.4. The summed E-state index contributed by atoms with van der Waals surface area (Å²) in [6.07, 6.45) is 1.44. The number of hydrogen-bond acceptors (Lipinski definition) is 6. The Morgan fingerprint density at radius 1 is 1.18 bits per heavy atom. The van der Waals surface area contributed by atoms with E-state index >= 15 is 0 Å². The third-order valence-corrected chi connectivity index (χ3v) is 4.42. The first-order valence-electron chi connectivity index (χ1n) is 9.06. The molecule has 0 saturated carbocycles. The van der Waals surface area contributed by atoms with Crippen LogP contribution in [0.25, 0.3) is 0 Å². The highest BCUT2D eigenvalue weighted by Gasteiger charge is 2.37. The van der Waals surface area contributed by atoms with Crippen LogP contribution in [0.5, 0.6) is 0 Å². The normalized spacial score (nSPS) is 18.2. The molecule has 0 unspecified atom stereocenters. The molecular weight excluding hydrogens is 370 g/mol. The summed E-state index contributed by atoms with van der Waals surface area (Å²) in [6, 6.07) is -2.94. The van der Waals surface area contributed by atoms with Crippen LogP contribution in [0.2, 0.25) is 0 Å². The van der Waals surface area contributed by atoms with E-state index in [1.54, 1.807) is 0 Å². The van der Waals surface area contributed by atoms with Crippen LogP contribution in [0.4, 0.5) is 0 Å². The third-order valence-electron chi connectivity index (χ3n) is 4.42. The Bertz CT molecular complexity index is 621. The van der Waals surface area contributed by atoms with Crippen LogP contribution in [0, 0.1) is 0 Å². The van der Waals surface area contributed by atoms with Gasteiger partial charge in [0.2, 0.25) is 17.7 Å². The molecule has 1 aliphatic heterocycles. The molecule has 3 amide bonds. The average Bonchev–Trinajstić information content (AvgIpc) is 3.10. The van der Waals surface area contributed by atoms with Crippen LogP contribution in [0.15, 0.2) is 4.99 Å². The van der Waals surface area contributed by atoms with E-state index in [0.717, 1.165) is 0 Å². The molecule has 0 aliphatic carbocycles. The van der Waals surface area contributed by atoms with Crippen molar-refractivity contribution in [2.24, 2.45) is 27.9 Å². The van der Waals surface area contributed by atoms with Gasteiger partial charge in [-0.3, -0.25) is 19.4 Å². The number of carbonyl (C=O) groups excluding carboxylic acids is 3. The minimum Gasteiger partial charge on any atom is -0.480 e. The van der Waals surface area contributed by atoms with E-state index in [9.17, 15) is 24.3 Å². The number of nitrogens with two attached hydrogens (primary N) is 4. The van der Waals surface area contributed by atoms with Gasteiger partial charge >= 0.3 is 5.97 Å². The van der Waals surface area contributed by atoms with E-state index < -0.39 is 41.8 Å². The largest absolute Gasteiger partial charge is 0.480 e. The third kappa shape index (κ3) is 7.39. The molecule has 1 saturated heterocycles. The van der Waals surface area contributed by atoms with Gasteiger partial charge in [-0.05, 0) is 32.1 Å². The summed E-state index contributed by atoms with van der Waals surface area (Å²) >= 11 is 0. The Kier molecular flexibility index (Phi) is 9.15. The number of nitrogens with one attached hydrogen (secondary N) is 1. The molecule has 1 rings (SSSR count). The molecule has 1 heterocycles. The number of nitrogens with zero attached hydrogens (tertiary/aromatic N) is 2. The predicted molar refractivity (Wildman–Crippen MR) is 101 cm³/mol. The number of hydrogen-bond donors (Lipinski definition) is 6. The Hall–Kier alpha value is -2.89. The molecule has 0 radical (unpaired) electrons. The first kappa shape index (κ1) is 23.1. The minimum atomic E-state index is -1.11. The number of rotatable bonds is 11. The monoisotopic (exact) mass is 399 g/mol. The molecule has 10 N–H and O–H groups in total. The Morgan fingerprint density at radius 3 is 2.43 bits per heavy atom. The lowest BCUT2D eigenvalue weighted by Gasteiger charge is -2.28. The van der Waals surface area contributed by atoms with Crippen molar-refractivity contribution in [3.05, 3.63) is 0 Å². The molecule has 3 atom stereocenters. The Labute approximate surface area is 162 Å². The van der Waals surface area contributed by atoms with Crippen molar-refractivity contribution in [1.29, 1.82) is 0 Å². The second-order valence-corrected chi connectivity index (χ2v) is 6.65. The molecule has 0 bridgehead atoms. The van der Waals surface area contributed by atoms with Crippen LogP contribution in [-0.2, 0) is 19.2 Å². The van der Waals surface area contributed by atoms with Gasteiger partial charge in [0.1, 0.15) is 12.1 Å². The molecule has 0 spiro atoms. The fraction of sp³-hybridized carbons (Fsp3) is 0.688. The van der Waals surface area contributed by atoms with Crippen LogP contribution in [-0.4, -0.2) is 70.9 Å². The van der Waals surface area contributed by atoms with Crippen molar-refractivity contribution < 1.29 is 24.3 Å². The van der Waals surface area contributed by atoms with Crippen molar-refractivity contribution in [2.45, 2.75) is 56.7 Å². The van der Waals surface area contributed by atoms with Gasteiger partial charge in [-0.2, -0.15) is 0 Å². The summed E-state index contributed by atoms with van der Waals surface area (Å²) in [4.78, 5) is 52.5. The number of carboxylic acid groups (broad SMARTS) is 1. The van der Waals surface area contributed by atoms with Crippen LogP contribution < -0.4 is 28.3 Å². The molecule has 12 heteroatoms. The standard InChI is InChI=1S/C16H29N7O5/c17-9(3-1-7-21-16(19)20)13(25)22-10(5-6-12(18)24)14(26)23-8-2-4-11(23)15(27)28/h9-11H,1-8,17H2,(H2,18,24)(H,22,25)(H,27,28)(H4,19,20,21)/t9-,10-,11+/m0/s1. The zero-order valence-electron chi connectivity index (χ0n) is 15.7. The van der Waals surface area contributed by atoms with E-state index in [2.05, 4.69) is 10.3 Å². The number of aliphatic carboxylic acids is 1. The lowest BCUT2D eigenvalue weighted by atomic mass is 10.1. The summed E-state index contributed by atoms with van der Waals surface area (Å²) < 4.78 is 0. The van der Waals surface area contributed by atoms with E-state index in [1.807, 2.05) is 0 Å².